The molecule has 2 rings (SSSR count). The first kappa shape index (κ1) is 17.8. The number of benzene rings is 2. The number of hydrogen-bond donors (Lipinski definition) is 0. The van der Waals surface area contributed by atoms with E-state index < -0.39 is 10.0 Å². The average molecular weight is 354 g/mol. The predicted octanol–water partition coefficient (Wildman–Crippen LogP) is 4.04. The number of para-hydroxylation sites is 1. The van der Waals surface area contributed by atoms with E-state index >= 15 is 0 Å². The Hall–Kier alpha value is -1.56. The summed E-state index contributed by atoms with van der Waals surface area (Å²) in [6.45, 7) is 3.66. The van der Waals surface area contributed by atoms with Crippen LogP contribution in [0.15, 0.2) is 47.4 Å². The van der Waals surface area contributed by atoms with E-state index in [1.165, 1.54) is 10.4 Å². The molecule has 0 radical (unpaired) electrons. The Morgan fingerprint density at radius 1 is 1.17 bits per heavy atom. The molecule has 2 aromatic carbocycles. The molecule has 1 unspecified atom stereocenters. The van der Waals surface area contributed by atoms with Crippen LogP contribution in [0.1, 0.15) is 24.1 Å². The van der Waals surface area contributed by atoms with Crippen LogP contribution in [-0.2, 0) is 10.0 Å². The Bertz CT molecular complexity index is 805. The van der Waals surface area contributed by atoms with Crippen molar-refractivity contribution in [2.75, 3.05) is 14.2 Å². The van der Waals surface area contributed by atoms with Crippen LogP contribution in [0, 0.1) is 6.92 Å². The maximum absolute atomic E-state index is 12.8. The van der Waals surface area contributed by atoms with Crippen molar-refractivity contribution in [3.8, 4) is 5.75 Å². The molecule has 0 N–H and O–H groups in total. The SMILES string of the molecule is COc1ccccc1C(C)N(C)S(=O)(=O)c1ccc(C)c(Cl)c1. The van der Waals surface area contributed by atoms with Gasteiger partial charge in [-0.15, -0.1) is 0 Å². The molecular weight excluding hydrogens is 334 g/mol. The van der Waals surface area contributed by atoms with Crippen LogP contribution in [0.5, 0.6) is 5.75 Å². The molecule has 4 nitrogen and oxygen atoms in total. The normalized spacial score (nSPS) is 13.1. The Morgan fingerprint density at radius 2 is 1.83 bits per heavy atom. The molecule has 0 saturated carbocycles. The van der Waals surface area contributed by atoms with Gasteiger partial charge in [0, 0.05) is 17.6 Å². The summed E-state index contributed by atoms with van der Waals surface area (Å²) in [5, 5.41) is 0.435. The highest BCUT2D eigenvalue weighted by atomic mass is 35.5. The van der Waals surface area contributed by atoms with Crippen LogP contribution >= 0.6 is 11.6 Å². The van der Waals surface area contributed by atoms with Gasteiger partial charge in [0.25, 0.3) is 0 Å². The van der Waals surface area contributed by atoms with Crippen molar-refractivity contribution in [2.45, 2.75) is 24.8 Å². The van der Waals surface area contributed by atoms with Crippen molar-refractivity contribution >= 4 is 21.6 Å². The molecule has 0 amide bonds. The van der Waals surface area contributed by atoms with Gasteiger partial charge in [0.1, 0.15) is 5.75 Å². The van der Waals surface area contributed by atoms with Crippen molar-refractivity contribution in [2.24, 2.45) is 0 Å². The number of nitrogens with zero attached hydrogens (tertiary/aromatic N) is 1. The molecule has 0 saturated heterocycles. The number of aryl methyl sites for hydroxylation is 1. The van der Waals surface area contributed by atoms with Crippen molar-refractivity contribution in [1.82, 2.24) is 4.31 Å². The number of methoxy groups -OCH3 is 1. The van der Waals surface area contributed by atoms with Crippen molar-refractivity contribution in [3.63, 3.8) is 0 Å². The van der Waals surface area contributed by atoms with Crippen molar-refractivity contribution in [1.29, 1.82) is 0 Å². The molecule has 6 heteroatoms. The number of hydrogen-bond acceptors (Lipinski definition) is 3. The van der Waals surface area contributed by atoms with Crippen LogP contribution in [0.25, 0.3) is 0 Å². The molecule has 2 aromatic rings. The highest BCUT2D eigenvalue weighted by molar-refractivity contribution is 7.89. The Morgan fingerprint density at radius 3 is 2.43 bits per heavy atom. The van der Waals surface area contributed by atoms with Gasteiger partial charge < -0.3 is 4.74 Å². The number of rotatable bonds is 5. The summed E-state index contributed by atoms with van der Waals surface area (Å²) in [6, 6.07) is 11.8. The summed E-state index contributed by atoms with van der Waals surface area (Å²) in [6.07, 6.45) is 0. The number of halogens is 1. The summed E-state index contributed by atoms with van der Waals surface area (Å²) < 4.78 is 32.3. The Kier molecular flexibility index (Phi) is 5.34. The highest BCUT2D eigenvalue weighted by Gasteiger charge is 2.28. The van der Waals surface area contributed by atoms with Crippen LogP contribution in [-0.4, -0.2) is 26.9 Å². The van der Waals surface area contributed by atoms with Gasteiger partial charge >= 0.3 is 0 Å². The monoisotopic (exact) mass is 353 g/mol. The molecule has 23 heavy (non-hydrogen) atoms. The largest absolute Gasteiger partial charge is 0.496 e. The lowest BCUT2D eigenvalue weighted by Crippen LogP contribution is -2.30. The van der Waals surface area contributed by atoms with E-state index in [2.05, 4.69) is 0 Å². The van der Waals surface area contributed by atoms with E-state index in [9.17, 15) is 8.42 Å². The second kappa shape index (κ2) is 6.91. The van der Waals surface area contributed by atoms with E-state index in [1.54, 1.807) is 26.3 Å². The zero-order valence-corrected chi connectivity index (χ0v) is 15.1. The second-order valence-electron chi connectivity index (χ2n) is 5.35. The average Bonchev–Trinajstić information content (AvgIpc) is 2.55. The molecule has 0 spiro atoms. The van der Waals surface area contributed by atoms with Gasteiger partial charge in [-0.3, -0.25) is 0 Å². The molecule has 0 heterocycles. The quantitative estimate of drug-likeness (QED) is 0.815. The van der Waals surface area contributed by atoms with Crippen molar-refractivity contribution in [3.05, 3.63) is 58.6 Å². The minimum Gasteiger partial charge on any atom is -0.496 e. The van der Waals surface area contributed by atoms with Crippen LogP contribution in [0.2, 0.25) is 5.02 Å². The van der Waals surface area contributed by atoms with E-state index in [-0.39, 0.29) is 10.9 Å². The maximum Gasteiger partial charge on any atom is 0.243 e. The Balaban J connectivity index is 2.41. The third kappa shape index (κ3) is 3.52. The smallest absolute Gasteiger partial charge is 0.243 e. The van der Waals surface area contributed by atoms with Gasteiger partial charge in [0.05, 0.1) is 18.0 Å². The molecule has 1 atom stereocenters. The first-order chi connectivity index (χ1) is 10.8. The van der Waals surface area contributed by atoms with Gasteiger partial charge in [-0.25, -0.2) is 8.42 Å². The molecule has 0 fully saturated rings. The van der Waals surface area contributed by atoms with Crippen molar-refractivity contribution < 1.29 is 13.2 Å². The predicted molar refractivity (Wildman–Crippen MR) is 92.5 cm³/mol. The van der Waals surface area contributed by atoms with Crippen LogP contribution in [0.4, 0.5) is 0 Å². The zero-order chi connectivity index (χ0) is 17.2. The highest BCUT2D eigenvalue weighted by Crippen LogP contribution is 2.32. The summed E-state index contributed by atoms with van der Waals surface area (Å²) in [5.41, 5.74) is 1.64. The van der Waals surface area contributed by atoms with E-state index in [0.29, 0.717) is 10.8 Å². The lowest BCUT2D eigenvalue weighted by atomic mass is 10.1. The van der Waals surface area contributed by atoms with E-state index in [0.717, 1.165) is 11.1 Å². The lowest BCUT2D eigenvalue weighted by molar-refractivity contribution is 0.367. The first-order valence-electron chi connectivity index (χ1n) is 7.16. The van der Waals surface area contributed by atoms with E-state index in [1.807, 2.05) is 38.1 Å². The summed E-state index contributed by atoms with van der Waals surface area (Å²) in [7, 11) is -0.532. The third-order valence-corrected chi connectivity index (χ3v) is 6.29. The molecule has 0 aromatic heterocycles. The molecule has 0 aliphatic carbocycles. The fraction of sp³-hybridized carbons (Fsp3) is 0.294. The molecule has 0 aliphatic rings. The van der Waals surface area contributed by atoms with Crippen LogP contribution in [0.3, 0.4) is 0 Å². The second-order valence-corrected chi connectivity index (χ2v) is 7.75. The summed E-state index contributed by atoms with van der Waals surface area (Å²) >= 11 is 6.07. The standard InChI is InChI=1S/C17H20ClNO3S/c1-12-9-10-14(11-16(12)18)23(20,21)19(3)13(2)15-7-5-6-8-17(15)22-4/h5-11,13H,1-4H3. The van der Waals surface area contributed by atoms with Gasteiger partial charge in [-0.05, 0) is 37.6 Å². The Labute approximate surface area is 142 Å². The maximum atomic E-state index is 12.8. The fourth-order valence-corrected chi connectivity index (χ4v) is 3.93. The topological polar surface area (TPSA) is 46.6 Å². The van der Waals surface area contributed by atoms with Crippen LogP contribution < -0.4 is 4.74 Å². The van der Waals surface area contributed by atoms with Gasteiger partial charge in [-0.1, -0.05) is 35.9 Å². The zero-order valence-electron chi connectivity index (χ0n) is 13.6. The fourth-order valence-electron chi connectivity index (χ4n) is 2.32. The van der Waals surface area contributed by atoms with Gasteiger partial charge in [0.15, 0.2) is 0 Å². The van der Waals surface area contributed by atoms with Gasteiger partial charge in [-0.2, -0.15) is 4.31 Å². The van der Waals surface area contributed by atoms with Gasteiger partial charge in [0.2, 0.25) is 10.0 Å². The van der Waals surface area contributed by atoms with E-state index in [4.69, 9.17) is 16.3 Å². The minimum atomic E-state index is -3.66. The number of ether oxygens (including phenoxy) is 1. The first-order valence-corrected chi connectivity index (χ1v) is 8.98. The molecule has 0 aliphatic heterocycles. The summed E-state index contributed by atoms with van der Waals surface area (Å²) in [4.78, 5) is 0.178. The summed E-state index contributed by atoms with van der Waals surface area (Å²) in [5.74, 6) is 0.656. The molecule has 0 bridgehead atoms. The molecule has 124 valence electrons. The number of sulfonamides is 1. The molecular formula is C17H20ClNO3S. The minimum absolute atomic E-state index is 0.178. The third-order valence-electron chi connectivity index (χ3n) is 3.95. The lowest BCUT2D eigenvalue weighted by Gasteiger charge is -2.26.